The van der Waals surface area contributed by atoms with Crippen LogP contribution in [0.15, 0.2) is 42.9 Å². The summed E-state index contributed by atoms with van der Waals surface area (Å²) in [6.45, 7) is 6.38. The third-order valence-electron chi connectivity index (χ3n) is 8.26. The van der Waals surface area contributed by atoms with Crippen LogP contribution in [0.5, 0.6) is 5.75 Å². The lowest BCUT2D eigenvalue weighted by molar-refractivity contribution is 0.249. The molecule has 2 aromatic carbocycles. The van der Waals surface area contributed by atoms with Gasteiger partial charge in [-0.1, -0.05) is 25.8 Å². The number of hydrogen-bond donors (Lipinski definition) is 2. The molecule has 0 atom stereocenters. The van der Waals surface area contributed by atoms with Gasteiger partial charge in [0.1, 0.15) is 17.1 Å². The largest absolute Gasteiger partial charge is 0.494 e. The maximum absolute atomic E-state index is 5.88. The summed E-state index contributed by atoms with van der Waals surface area (Å²) in [5.41, 5.74) is 7.91. The Morgan fingerprint density at radius 2 is 1.70 bits per heavy atom. The predicted molar refractivity (Wildman–Crippen MR) is 181 cm³/mol. The van der Waals surface area contributed by atoms with Gasteiger partial charge in [0.15, 0.2) is 0 Å². The topological polar surface area (TPSA) is 94.6 Å². The lowest BCUT2D eigenvalue weighted by atomic mass is 10.0. The Hall–Kier alpha value is -3.83. The summed E-state index contributed by atoms with van der Waals surface area (Å²) in [4.78, 5) is 23.6. The molecule has 1 aliphatic rings. The molecule has 4 aromatic rings. The number of fused-ring (bicyclic) bond motifs is 1. The molecule has 2 N–H and O–H groups in total. The Kier molecular flexibility index (Phi) is 9.72. The molecular weight excluding hydrogens is 558 g/mol. The highest BCUT2D eigenvalue weighted by atomic mass is 32.2. The molecule has 5 rings (SSSR count). The minimum absolute atomic E-state index is 0.500. The number of ether oxygens (including phenoxy) is 1. The van der Waals surface area contributed by atoms with Crippen molar-refractivity contribution in [1.29, 1.82) is 0 Å². The molecule has 0 bridgehead atoms. The van der Waals surface area contributed by atoms with Crippen LogP contribution in [0.2, 0.25) is 0 Å². The van der Waals surface area contributed by atoms with Crippen molar-refractivity contribution in [3.63, 3.8) is 0 Å². The van der Waals surface area contributed by atoms with E-state index in [4.69, 9.17) is 9.72 Å². The van der Waals surface area contributed by atoms with Crippen molar-refractivity contribution >= 4 is 57.5 Å². The van der Waals surface area contributed by atoms with E-state index in [1.807, 2.05) is 31.6 Å². The molecule has 3 heterocycles. The van der Waals surface area contributed by atoms with Crippen LogP contribution in [0.4, 0.5) is 34.5 Å². The van der Waals surface area contributed by atoms with Gasteiger partial charge in [0, 0.05) is 68.3 Å². The van der Waals surface area contributed by atoms with E-state index in [9.17, 15) is 0 Å². The highest BCUT2D eigenvalue weighted by Crippen LogP contribution is 2.39. The van der Waals surface area contributed by atoms with Crippen LogP contribution in [-0.4, -0.2) is 78.5 Å². The fourth-order valence-corrected chi connectivity index (χ4v) is 6.06. The molecule has 43 heavy (non-hydrogen) atoms. The van der Waals surface area contributed by atoms with Gasteiger partial charge < -0.3 is 29.5 Å². The molecule has 0 unspecified atom stereocenters. The fourth-order valence-electron chi connectivity index (χ4n) is 5.70. The first-order valence-electron chi connectivity index (χ1n) is 14.9. The zero-order chi connectivity index (χ0) is 30.5. The molecular formula is C32H43N9OS. The van der Waals surface area contributed by atoms with Crippen LogP contribution in [0.3, 0.4) is 0 Å². The van der Waals surface area contributed by atoms with Crippen LogP contribution >= 0.6 is 11.9 Å². The Labute approximate surface area is 259 Å². The average molecular weight is 602 g/mol. The molecule has 0 aliphatic carbocycles. The van der Waals surface area contributed by atoms with Gasteiger partial charge in [-0.25, -0.2) is 4.98 Å². The van der Waals surface area contributed by atoms with Gasteiger partial charge in [0.2, 0.25) is 5.95 Å². The summed E-state index contributed by atoms with van der Waals surface area (Å²) in [5, 5.41) is 7.04. The van der Waals surface area contributed by atoms with Crippen LogP contribution < -0.4 is 24.6 Å². The number of hydrogen-bond acceptors (Lipinski definition) is 11. The maximum Gasteiger partial charge on any atom is 0.229 e. The van der Waals surface area contributed by atoms with Crippen molar-refractivity contribution in [2.45, 2.75) is 45.6 Å². The first-order chi connectivity index (χ1) is 20.9. The number of anilines is 6. The normalized spacial score (nSPS) is 13.9. The monoisotopic (exact) mass is 601 g/mol. The molecule has 11 heteroatoms. The first-order valence-corrected chi connectivity index (χ1v) is 16.1. The molecule has 228 valence electrons. The minimum atomic E-state index is 0.500. The van der Waals surface area contributed by atoms with E-state index in [1.165, 1.54) is 11.3 Å². The minimum Gasteiger partial charge on any atom is -0.494 e. The van der Waals surface area contributed by atoms with Crippen LogP contribution in [0.25, 0.3) is 11.0 Å². The zero-order valence-electron chi connectivity index (χ0n) is 26.3. The van der Waals surface area contributed by atoms with Crippen molar-refractivity contribution in [3.05, 3.63) is 54.0 Å². The third-order valence-corrected chi connectivity index (χ3v) is 8.99. The summed E-state index contributed by atoms with van der Waals surface area (Å²) >= 11 is 1.61. The second kappa shape index (κ2) is 13.6. The van der Waals surface area contributed by atoms with Crippen molar-refractivity contribution in [3.8, 4) is 5.75 Å². The molecule has 10 nitrogen and oxygen atoms in total. The number of nitrogens with one attached hydrogen (secondary N) is 2. The second-order valence-electron chi connectivity index (χ2n) is 11.0. The Bertz CT molecular complexity index is 1560. The summed E-state index contributed by atoms with van der Waals surface area (Å²) in [5.74, 6) is 2.02. The van der Waals surface area contributed by atoms with E-state index in [2.05, 4.69) is 79.8 Å². The molecule has 1 aliphatic heterocycles. The molecule has 0 radical (unpaired) electrons. The van der Waals surface area contributed by atoms with Gasteiger partial charge >= 0.3 is 0 Å². The van der Waals surface area contributed by atoms with E-state index in [1.54, 1.807) is 31.5 Å². The number of piperidine rings is 1. The number of aromatic nitrogens is 4. The number of benzene rings is 2. The molecule has 1 fully saturated rings. The summed E-state index contributed by atoms with van der Waals surface area (Å²) in [7, 11) is 8.10. The Morgan fingerprint density at radius 3 is 2.37 bits per heavy atom. The summed E-state index contributed by atoms with van der Waals surface area (Å²) in [6, 6.07) is 9.00. The predicted octanol–water partition coefficient (Wildman–Crippen LogP) is 6.29. The van der Waals surface area contributed by atoms with Crippen LogP contribution in [0.1, 0.15) is 37.8 Å². The zero-order valence-corrected chi connectivity index (χ0v) is 27.1. The van der Waals surface area contributed by atoms with Gasteiger partial charge in [-0.15, -0.1) is 0 Å². The van der Waals surface area contributed by atoms with Gasteiger partial charge in [-0.3, -0.25) is 9.97 Å². The SMILES string of the molecule is CCc1cc(Nc2ncc(CC)c(Nc3ccc4nccnc4c3N(C)SC)n2)c(OC)cc1N1CCC(N(C)C)CC1. The second-order valence-corrected chi connectivity index (χ2v) is 11.9. The molecule has 0 spiro atoms. The van der Waals surface area contributed by atoms with Crippen molar-refractivity contribution in [2.24, 2.45) is 0 Å². The van der Waals surface area contributed by atoms with Gasteiger partial charge in [0.25, 0.3) is 0 Å². The standard InChI is InChI=1S/C32H43N9OS/c1-8-21-18-26(28(42-6)19-27(21)41-16-12-23(13-17-41)39(3)4)37-32-35-20-22(9-2)31(38-32)36-25-11-10-24-29(34-15-14-33-24)30(25)40(5)43-7/h10-11,14-15,18-20,23H,8-9,12-13,16-17H2,1-7H3,(H2,35,36,37,38). The maximum atomic E-state index is 5.88. The summed E-state index contributed by atoms with van der Waals surface area (Å²) < 4.78 is 7.98. The van der Waals surface area contributed by atoms with Gasteiger partial charge in [0.05, 0.1) is 29.7 Å². The lowest BCUT2D eigenvalue weighted by Crippen LogP contribution is -2.42. The van der Waals surface area contributed by atoms with Crippen molar-refractivity contribution < 1.29 is 4.74 Å². The molecule has 2 aromatic heterocycles. The lowest BCUT2D eigenvalue weighted by Gasteiger charge is -2.37. The molecule has 1 saturated heterocycles. The van der Waals surface area contributed by atoms with Crippen LogP contribution in [0, 0.1) is 0 Å². The van der Waals surface area contributed by atoms with Gasteiger partial charge in [-0.05, 0) is 63.5 Å². The van der Waals surface area contributed by atoms with Crippen molar-refractivity contribution in [1.82, 2.24) is 24.8 Å². The first kappa shape index (κ1) is 30.6. The third kappa shape index (κ3) is 6.57. The molecule has 0 saturated carbocycles. The van der Waals surface area contributed by atoms with Crippen LogP contribution in [-0.2, 0) is 12.8 Å². The van der Waals surface area contributed by atoms with Crippen molar-refractivity contribution in [2.75, 3.05) is 67.4 Å². The fraction of sp³-hybridized carbons (Fsp3) is 0.438. The van der Waals surface area contributed by atoms with E-state index < -0.39 is 0 Å². The van der Waals surface area contributed by atoms with E-state index in [-0.39, 0.29) is 0 Å². The molecule has 0 amide bonds. The highest BCUT2D eigenvalue weighted by Gasteiger charge is 2.24. The van der Waals surface area contributed by atoms with Gasteiger partial charge in [-0.2, -0.15) is 4.98 Å². The smallest absolute Gasteiger partial charge is 0.229 e. The van der Waals surface area contributed by atoms with E-state index >= 15 is 0 Å². The van der Waals surface area contributed by atoms with E-state index in [0.29, 0.717) is 12.0 Å². The quantitative estimate of drug-likeness (QED) is 0.190. The number of methoxy groups -OCH3 is 1. The number of rotatable bonds is 11. The summed E-state index contributed by atoms with van der Waals surface area (Å²) in [6.07, 6.45) is 11.4. The Morgan fingerprint density at radius 1 is 0.953 bits per heavy atom. The number of aryl methyl sites for hydroxylation is 2. The Balaban J connectivity index is 1.45. The number of nitrogens with zero attached hydrogens (tertiary/aromatic N) is 7. The van der Waals surface area contributed by atoms with E-state index in [0.717, 1.165) is 84.0 Å². The average Bonchev–Trinajstić information content (AvgIpc) is 3.04. The highest BCUT2D eigenvalue weighted by molar-refractivity contribution is 7.99.